The molecule has 1 aromatic heterocycles. The van der Waals surface area contributed by atoms with Crippen LogP contribution in [-0.4, -0.2) is 59.6 Å². The van der Waals surface area contributed by atoms with Gasteiger partial charge in [-0.2, -0.15) is 0 Å². The van der Waals surface area contributed by atoms with Crippen LogP contribution in [0.5, 0.6) is 0 Å². The third-order valence-corrected chi connectivity index (χ3v) is 6.83. The van der Waals surface area contributed by atoms with E-state index in [1.165, 1.54) is 11.3 Å². The molecule has 1 spiro atoms. The number of nitrogens with one attached hydrogen (secondary N) is 2. The Morgan fingerprint density at radius 2 is 2.07 bits per heavy atom. The maximum absolute atomic E-state index is 12.5. The summed E-state index contributed by atoms with van der Waals surface area (Å²) in [6.45, 7) is 1.58. The molecule has 0 unspecified atom stereocenters. The minimum Gasteiger partial charge on any atom is -0.477 e. The molecular weight excluding hydrogens is 386 g/mol. The van der Waals surface area contributed by atoms with Gasteiger partial charge in [0.2, 0.25) is 5.91 Å². The zero-order chi connectivity index (χ0) is 19.9. The van der Waals surface area contributed by atoms with Crippen molar-refractivity contribution in [3.63, 3.8) is 0 Å². The SMILES string of the molecule is O=C1NC(=O)[C@H](CCC(=O)N2CCC3(CC2)OCCc2sc(C(=O)O)cc23)N1. The molecule has 4 amide bonds. The first kappa shape index (κ1) is 18.9. The lowest BCUT2D eigenvalue weighted by molar-refractivity contribution is -0.140. The number of fused-ring (bicyclic) bond motifs is 2. The molecule has 4 rings (SSSR count). The number of carbonyl (C=O) groups is 4. The zero-order valence-electron chi connectivity index (χ0n) is 15.2. The number of carboxylic acid groups (broad SMARTS) is 1. The van der Waals surface area contributed by atoms with Crippen LogP contribution >= 0.6 is 11.3 Å². The predicted octanol–water partition coefficient (Wildman–Crippen LogP) is 0.825. The molecule has 10 heteroatoms. The fourth-order valence-corrected chi connectivity index (χ4v) is 5.21. The van der Waals surface area contributed by atoms with Crippen molar-refractivity contribution in [2.24, 2.45) is 0 Å². The van der Waals surface area contributed by atoms with Gasteiger partial charge in [0.25, 0.3) is 5.91 Å². The van der Waals surface area contributed by atoms with Gasteiger partial charge in [0.1, 0.15) is 10.9 Å². The number of aromatic carboxylic acids is 1. The first-order valence-corrected chi connectivity index (χ1v) is 10.1. The van der Waals surface area contributed by atoms with Crippen LogP contribution < -0.4 is 10.6 Å². The van der Waals surface area contributed by atoms with Crippen LogP contribution in [0.1, 0.15) is 45.8 Å². The minimum absolute atomic E-state index is 0.0589. The van der Waals surface area contributed by atoms with Crippen LogP contribution in [-0.2, 0) is 26.3 Å². The van der Waals surface area contributed by atoms with E-state index in [4.69, 9.17) is 4.74 Å². The number of hydrogen-bond acceptors (Lipinski definition) is 6. The Bertz CT molecular complexity index is 842. The van der Waals surface area contributed by atoms with Gasteiger partial charge in [-0.25, -0.2) is 9.59 Å². The van der Waals surface area contributed by atoms with Crippen LogP contribution in [0.4, 0.5) is 4.79 Å². The monoisotopic (exact) mass is 407 g/mol. The van der Waals surface area contributed by atoms with E-state index in [9.17, 15) is 24.3 Å². The van der Waals surface area contributed by atoms with Crippen molar-refractivity contribution < 1.29 is 29.0 Å². The molecule has 0 bridgehead atoms. The number of likely N-dealkylation sites (tertiary alicyclic amines) is 1. The lowest BCUT2D eigenvalue weighted by Crippen LogP contribution is -2.48. The van der Waals surface area contributed by atoms with Crippen molar-refractivity contribution in [2.75, 3.05) is 19.7 Å². The highest BCUT2D eigenvalue weighted by Crippen LogP contribution is 2.44. The van der Waals surface area contributed by atoms with Gasteiger partial charge in [-0.3, -0.25) is 14.9 Å². The third kappa shape index (κ3) is 3.37. The predicted molar refractivity (Wildman–Crippen MR) is 98.1 cm³/mol. The van der Waals surface area contributed by atoms with Crippen molar-refractivity contribution in [3.8, 4) is 0 Å². The Morgan fingerprint density at radius 1 is 1.32 bits per heavy atom. The Balaban J connectivity index is 1.37. The molecule has 150 valence electrons. The zero-order valence-corrected chi connectivity index (χ0v) is 16.0. The lowest BCUT2D eigenvalue weighted by Gasteiger charge is -2.44. The molecule has 0 radical (unpaired) electrons. The number of nitrogens with zero attached hydrogens (tertiary/aromatic N) is 1. The van der Waals surface area contributed by atoms with Crippen molar-refractivity contribution >= 4 is 35.2 Å². The highest BCUT2D eigenvalue weighted by Gasteiger charge is 2.43. The number of piperidine rings is 1. The van der Waals surface area contributed by atoms with Gasteiger partial charge in [0.15, 0.2) is 0 Å². The van der Waals surface area contributed by atoms with E-state index >= 15 is 0 Å². The summed E-state index contributed by atoms with van der Waals surface area (Å²) < 4.78 is 6.10. The molecule has 2 saturated heterocycles. The van der Waals surface area contributed by atoms with Crippen LogP contribution in [0.3, 0.4) is 0 Å². The Kier molecular flexibility index (Phi) is 4.84. The summed E-state index contributed by atoms with van der Waals surface area (Å²) in [5, 5.41) is 13.9. The molecule has 9 nitrogen and oxygen atoms in total. The Hall–Kier alpha value is -2.46. The number of amides is 4. The second kappa shape index (κ2) is 7.17. The number of ether oxygens (including phenoxy) is 1. The topological polar surface area (TPSA) is 125 Å². The highest BCUT2D eigenvalue weighted by atomic mass is 32.1. The minimum atomic E-state index is -0.926. The second-order valence-corrected chi connectivity index (χ2v) is 8.42. The molecule has 2 fully saturated rings. The smallest absolute Gasteiger partial charge is 0.345 e. The summed E-state index contributed by atoms with van der Waals surface area (Å²) in [7, 11) is 0. The fourth-order valence-electron chi connectivity index (χ4n) is 4.14. The number of rotatable bonds is 4. The van der Waals surface area contributed by atoms with Gasteiger partial charge < -0.3 is 20.1 Å². The van der Waals surface area contributed by atoms with E-state index in [1.54, 1.807) is 11.0 Å². The number of urea groups is 1. The molecule has 0 saturated carbocycles. The van der Waals surface area contributed by atoms with Crippen LogP contribution in [0, 0.1) is 0 Å². The van der Waals surface area contributed by atoms with Gasteiger partial charge in [-0.15, -0.1) is 11.3 Å². The number of thiophene rings is 1. The summed E-state index contributed by atoms with van der Waals surface area (Å²) in [4.78, 5) is 49.7. The van der Waals surface area contributed by atoms with E-state index in [0.717, 1.165) is 10.4 Å². The van der Waals surface area contributed by atoms with Crippen molar-refractivity contribution in [1.29, 1.82) is 0 Å². The average molecular weight is 407 g/mol. The quantitative estimate of drug-likeness (QED) is 0.635. The molecule has 28 heavy (non-hydrogen) atoms. The Labute approximate surface area is 165 Å². The maximum atomic E-state index is 12.5. The molecule has 0 aliphatic carbocycles. The first-order chi connectivity index (χ1) is 13.4. The van der Waals surface area contributed by atoms with Crippen molar-refractivity contribution in [1.82, 2.24) is 15.5 Å². The van der Waals surface area contributed by atoms with E-state index < -0.39 is 29.6 Å². The number of hydrogen-bond donors (Lipinski definition) is 3. The van der Waals surface area contributed by atoms with Gasteiger partial charge in [0, 0.05) is 30.8 Å². The van der Waals surface area contributed by atoms with Gasteiger partial charge in [-0.05, 0) is 30.9 Å². The molecule has 3 N–H and O–H groups in total. The molecule has 4 heterocycles. The first-order valence-electron chi connectivity index (χ1n) is 9.27. The summed E-state index contributed by atoms with van der Waals surface area (Å²) in [6.07, 6.45) is 2.39. The van der Waals surface area contributed by atoms with Crippen LogP contribution in [0.25, 0.3) is 0 Å². The molecule has 1 aromatic rings. The van der Waals surface area contributed by atoms with E-state index in [0.29, 0.717) is 43.8 Å². The summed E-state index contributed by atoms with van der Waals surface area (Å²) >= 11 is 1.31. The van der Waals surface area contributed by atoms with E-state index in [1.807, 2.05) is 0 Å². The third-order valence-electron chi connectivity index (χ3n) is 5.65. The summed E-state index contributed by atoms with van der Waals surface area (Å²) in [5.74, 6) is -1.38. The van der Waals surface area contributed by atoms with E-state index in [2.05, 4.69) is 10.6 Å². The number of carboxylic acids is 1. The molecule has 3 aliphatic rings. The van der Waals surface area contributed by atoms with Crippen LogP contribution in [0.2, 0.25) is 0 Å². The van der Waals surface area contributed by atoms with Crippen molar-refractivity contribution in [2.45, 2.75) is 43.7 Å². The number of imide groups is 1. The molecule has 0 aromatic carbocycles. The van der Waals surface area contributed by atoms with Gasteiger partial charge in [-0.1, -0.05) is 0 Å². The number of carbonyl (C=O) groups excluding carboxylic acids is 3. The van der Waals surface area contributed by atoms with Gasteiger partial charge >= 0.3 is 12.0 Å². The molecule has 1 atom stereocenters. The summed E-state index contributed by atoms with van der Waals surface area (Å²) in [5.41, 5.74) is 0.437. The highest BCUT2D eigenvalue weighted by molar-refractivity contribution is 7.14. The Morgan fingerprint density at radius 3 is 2.71 bits per heavy atom. The lowest BCUT2D eigenvalue weighted by atomic mass is 9.82. The van der Waals surface area contributed by atoms with E-state index in [-0.39, 0.29) is 18.7 Å². The normalized spacial score (nSPS) is 23.3. The van der Waals surface area contributed by atoms with Gasteiger partial charge in [0.05, 0.1) is 12.2 Å². The fraction of sp³-hybridized carbons (Fsp3) is 0.556. The molecule has 3 aliphatic heterocycles. The standard InChI is InChI=1S/C18H21N3O6S/c22-14(2-1-11-15(23)20-17(26)19-11)21-6-4-18(5-7-21)10-9-13(16(24)25)28-12(10)3-8-27-18/h9,11H,1-8H2,(H,24,25)(H2,19,20,23,26)/t11-/m0/s1. The van der Waals surface area contributed by atoms with Crippen LogP contribution in [0.15, 0.2) is 6.07 Å². The summed E-state index contributed by atoms with van der Waals surface area (Å²) in [6, 6.07) is 0.543. The largest absolute Gasteiger partial charge is 0.477 e. The average Bonchev–Trinajstić information content (AvgIpc) is 3.24. The maximum Gasteiger partial charge on any atom is 0.345 e. The molecular formula is C18H21N3O6S. The second-order valence-electron chi connectivity index (χ2n) is 7.28. The van der Waals surface area contributed by atoms with Crippen molar-refractivity contribution in [3.05, 3.63) is 21.4 Å².